The number of amides is 1. The van der Waals surface area contributed by atoms with E-state index in [2.05, 4.69) is 5.32 Å². The molecule has 18 heavy (non-hydrogen) atoms. The van der Waals surface area contributed by atoms with Crippen molar-refractivity contribution in [2.24, 2.45) is 5.92 Å². The summed E-state index contributed by atoms with van der Waals surface area (Å²) in [5.41, 5.74) is -0.582. The van der Waals surface area contributed by atoms with Gasteiger partial charge in [0.25, 0.3) is 0 Å². The molecule has 1 amide bonds. The van der Waals surface area contributed by atoms with Crippen LogP contribution in [0.25, 0.3) is 0 Å². The van der Waals surface area contributed by atoms with Gasteiger partial charge in [-0.15, -0.1) is 0 Å². The van der Waals surface area contributed by atoms with Crippen molar-refractivity contribution in [2.75, 3.05) is 5.32 Å². The summed E-state index contributed by atoms with van der Waals surface area (Å²) in [6.45, 7) is 3.71. The zero-order valence-electron chi connectivity index (χ0n) is 10.3. The number of nitrogens with one attached hydrogen (secondary N) is 1. The molecule has 0 radical (unpaired) electrons. The lowest BCUT2D eigenvalue weighted by Gasteiger charge is -2.13. The summed E-state index contributed by atoms with van der Waals surface area (Å²) in [6, 6.07) is 4.65. The Labute approximate surface area is 104 Å². The first-order valence-corrected chi connectivity index (χ1v) is 5.82. The van der Waals surface area contributed by atoms with Gasteiger partial charge in [-0.25, -0.2) is 0 Å². The lowest BCUT2D eigenvalue weighted by atomic mass is 10.1. The monoisotopic (exact) mass is 259 g/mol. The maximum Gasteiger partial charge on any atom is 0.416 e. The van der Waals surface area contributed by atoms with Gasteiger partial charge in [-0.05, 0) is 24.6 Å². The molecule has 0 unspecified atom stereocenters. The molecule has 0 heterocycles. The molecule has 0 saturated carbocycles. The van der Waals surface area contributed by atoms with E-state index >= 15 is 0 Å². The maximum atomic E-state index is 12.5. The van der Waals surface area contributed by atoms with E-state index in [1.165, 1.54) is 12.1 Å². The molecule has 0 aliphatic heterocycles. The zero-order valence-corrected chi connectivity index (χ0v) is 10.3. The molecular formula is C13H16F3NO. The first-order valence-electron chi connectivity index (χ1n) is 5.82. The van der Waals surface area contributed by atoms with Crippen molar-refractivity contribution in [3.63, 3.8) is 0 Å². The lowest BCUT2D eigenvalue weighted by molar-refractivity contribution is -0.137. The number of halogens is 3. The summed E-state index contributed by atoms with van der Waals surface area (Å²) >= 11 is 0. The molecule has 5 heteroatoms. The van der Waals surface area contributed by atoms with E-state index in [4.69, 9.17) is 0 Å². The van der Waals surface area contributed by atoms with Gasteiger partial charge in [-0.2, -0.15) is 13.2 Å². The smallest absolute Gasteiger partial charge is 0.326 e. The van der Waals surface area contributed by atoms with E-state index in [9.17, 15) is 18.0 Å². The van der Waals surface area contributed by atoms with Gasteiger partial charge in [0.2, 0.25) is 5.91 Å². The van der Waals surface area contributed by atoms with Gasteiger partial charge in [0.15, 0.2) is 0 Å². The second-order valence-corrected chi connectivity index (χ2v) is 4.26. The van der Waals surface area contributed by atoms with Gasteiger partial charge in [0.05, 0.1) is 5.56 Å². The highest BCUT2D eigenvalue weighted by Crippen LogP contribution is 2.30. The minimum atomic E-state index is -4.39. The SMILES string of the molecule is CCC[C@@H](C)C(=O)Nc1cccc(C(F)(F)F)c1. The fourth-order valence-corrected chi connectivity index (χ4v) is 1.60. The van der Waals surface area contributed by atoms with Crippen LogP contribution in [-0.2, 0) is 11.0 Å². The fourth-order valence-electron chi connectivity index (χ4n) is 1.60. The molecule has 100 valence electrons. The highest BCUT2D eigenvalue weighted by molar-refractivity contribution is 5.92. The Morgan fingerprint density at radius 1 is 1.39 bits per heavy atom. The molecule has 0 aliphatic rings. The van der Waals surface area contributed by atoms with Crippen LogP contribution in [0.2, 0.25) is 0 Å². The molecule has 0 saturated heterocycles. The van der Waals surface area contributed by atoms with Crippen molar-refractivity contribution < 1.29 is 18.0 Å². The third-order valence-electron chi connectivity index (χ3n) is 2.63. The van der Waals surface area contributed by atoms with E-state index in [1.54, 1.807) is 6.92 Å². The van der Waals surface area contributed by atoms with Crippen molar-refractivity contribution in [3.05, 3.63) is 29.8 Å². The summed E-state index contributed by atoms with van der Waals surface area (Å²) in [6.07, 6.45) is -2.82. The summed E-state index contributed by atoms with van der Waals surface area (Å²) in [5.74, 6) is -0.458. The van der Waals surface area contributed by atoms with Crippen LogP contribution >= 0.6 is 0 Å². The predicted octanol–water partition coefficient (Wildman–Crippen LogP) is 4.08. The quantitative estimate of drug-likeness (QED) is 0.867. The molecule has 0 spiro atoms. The van der Waals surface area contributed by atoms with Gasteiger partial charge >= 0.3 is 6.18 Å². The van der Waals surface area contributed by atoms with Crippen LogP contribution in [0.1, 0.15) is 32.3 Å². The van der Waals surface area contributed by atoms with E-state index in [1.807, 2.05) is 6.92 Å². The number of alkyl halides is 3. The highest BCUT2D eigenvalue weighted by atomic mass is 19.4. The van der Waals surface area contributed by atoms with Crippen molar-refractivity contribution in [1.29, 1.82) is 0 Å². The molecule has 1 aromatic carbocycles. The van der Waals surface area contributed by atoms with Crippen LogP contribution in [0.15, 0.2) is 24.3 Å². The molecule has 1 rings (SSSR count). The minimum Gasteiger partial charge on any atom is -0.326 e. The van der Waals surface area contributed by atoms with Gasteiger partial charge in [-0.3, -0.25) is 4.79 Å². The molecule has 1 atom stereocenters. The highest BCUT2D eigenvalue weighted by Gasteiger charge is 2.30. The van der Waals surface area contributed by atoms with Gasteiger partial charge in [-0.1, -0.05) is 26.3 Å². The maximum absolute atomic E-state index is 12.5. The number of carbonyl (C=O) groups excluding carboxylic acids is 1. The topological polar surface area (TPSA) is 29.1 Å². The minimum absolute atomic E-state index is 0.178. The summed E-state index contributed by atoms with van der Waals surface area (Å²) in [4.78, 5) is 11.7. The first-order chi connectivity index (χ1) is 8.34. The normalized spacial score (nSPS) is 13.2. The summed E-state index contributed by atoms with van der Waals surface area (Å²) < 4.78 is 37.4. The Bertz CT molecular complexity index is 415. The second-order valence-electron chi connectivity index (χ2n) is 4.26. The Hall–Kier alpha value is -1.52. The number of benzene rings is 1. The molecule has 0 fully saturated rings. The predicted molar refractivity (Wildman–Crippen MR) is 64.1 cm³/mol. The number of hydrogen-bond acceptors (Lipinski definition) is 1. The first kappa shape index (κ1) is 14.5. The van der Waals surface area contributed by atoms with Crippen molar-refractivity contribution in [3.8, 4) is 0 Å². The molecule has 0 bridgehead atoms. The lowest BCUT2D eigenvalue weighted by Crippen LogP contribution is -2.20. The van der Waals surface area contributed by atoms with Gasteiger partial charge in [0.1, 0.15) is 0 Å². The van der Waals surface area contributed by atoms with E-state index < -0.39 is 11.7 Å². The van der Waals surface area contributed by atoms with Gasteiger partial charge < -0.3 is 5.32 Å². The fraction of sp³-hybridized carbons (Fsp3) is 0.462. The van der Waals surface area contributed by atoms with Crippen molar-refractivity contribution in [1.82, 2.24) is 0 Å². The third kappa shape index (κ3) is 4.05. The van der Waals surface area contributed by atoms with Crippen LogP contribution in [0.4, 0.5) is 18.9 Å². The van der Waals surface area contributed by atoms with E-state index in [-0.39, 0.29) is 17.5 Å². The van der Waals surface area contributed by atoms with E-state index in [0.29, 0.717) is 6.42 Å². The zero-order chi connectivity index (χ0) is 13.8. The van der Waals surface area contributed by atoms with E-state index in [0.717, 1.165) is 18.6 Å². The Morgan fingerprint density at radius 3 is 2.61 bits per heavy atom. The molecule has 2 nitrogen and oxygen atoms in total. The Morgan fingerprint density at radius 2 is 2.06 bits per heavy atom. The summed E-state index contributed by atoms with van der Waals surface area (Å²) in [7, 11) is 0. The average molecular weight is 259 g/mol. The van der Waals surface area contributed by atoms with Crippen molar-refractivity contribution in [2.45, 2.75) is 32.9 Å². The average Bonchev–Trinajstić information content (AvgIpc) is 2.28. The second kappa shape index (κ2) is 5.89. The van der Waals surface area contributed by atoms with Gasteiger partial charge in [0, 0.05) is 11.6 Å². The standard InChI is InChI=1S/C13H16F3NO/c1-3-5-9(2)12(18)17-11-7-4-6-10(8-11)13(14,15)16/h4,6-9H,3,5H2,1-2H3,(H,17,18)/t9-/m1/s1. The molecular weight excluding hydrogens is 243 g/mol. The summed E-state index contributed by atoms with van der Waals surface area (Å²) in [5, 5.41) is 2.50. The van der Waals surface area contributed by atoms with Crippen LogP contribution in [-0.4, -0.2) is 5.91 Å². The molecule has 0 aliphatic carbocycles. The molecule has 1 aromatic rings. The third-order valence-corrected chi connectivity index (χ3v) is 2.63. The Balaban J connectivity index is 2.77. The molecule has 1 N–H and O–H groups in total. The number of carbonyl (C=O) groups is 1. The van der Waals surface area contributed by atoms with Crippen LogP contribution in [0, 0.1) is 5.92 Å². The molecule has 0 aromatic heterocycles. The van der Waals surface area contributed by atoms with Crippen LogP contribution in [0.5, 0.6) is 0 Å². The van der Waals surface area contributed by atoms with Crippen LogP contribution in [0.3, 0.4) is 0 Å². The number of hydrogen-bond donors (Lipinski definition) is 1. The van der Waals surface area contributed by atoms with Crippen molar-refractivity contribution >= 4 is 11.6 Å². The Kier molecular flexibility index (Phi) is 4.76. The number of anilines is 1. The number of rotatable bonds is 4. The van der Waals surface area contributed by atoms with Crippen LogP contribution < -0.4 is 5.32 Å². The largest absolute Gasteiger partial charge is 0.416 e.